The van der Waals surface area contributed by atoms with Crippen LogP contribution in [0.5, 0.6) is 0 Å². The van der Waals surface area contributed by atoms with Gasteiger partial charge in [0.25, 0.3) is 0 Å². The first-order valence-electron chi connectivity index (χ1n) is 8.17. The molecule has 142 valence electrons. The Morgan fingerprint density at radius 3 is 2.19 bits per heavy atom. The van der Waals surface area contributed by atoms with E-state index in [-0.39, 0.29) is 30.5 Å². The molecule has 0 bridgehead atoms. The van der Waals surface area contributed by atoms with Crippen LogP contribution in [-0.4, -0.2) is 24.3 Å². The summed E-state index contributed by atoms with van der Waals surface area (Å²) in [4.78, 5) is 36.3. The van der Waals surface area contributed by atoms with Crippen LogP contribution < -0.4 is 15.5 Å². The van der Waals surface area contributed by atoms with Crippen molar-refractivity contribution in [3.8, 4) is 0 Å². The highest BCUT2D eigenvalue weighted by atomic mass is 19.1. The molecule has 0 fully saturated rings. The molecule has 0 aliphatic carbocycles. The molecule has 0 aliphatic rings. The molecule has 0 saturated carbocycles. The van der Waals surface area contributed by atoms with E-state index >= 15 is 0 Å². The molecule has 8 heteroatoms. The Balaban J connectivity index is 2.00. The molecule has 0 aliphatic heterocycles. The molecular formula is C19H19F2N3O3. The SMILES string of the molecule is CC(=O)Nc1ccc(N(CCC(=O)Nc2ccc(F)cc2F)C(C)=O)cc1. The number of carbonyl (C=O) groups excluding carboxylic acids is 3. The first kappa shape index (κ1) is 20.0. The van der Waals surface area contributed by atoms with Crippen molar-refractivity contribution in [3.63, 3.8) is 0 Å². The topological polar surface area (TPSA) is 78.5 Å². The van der Waals surface area contributed by atoms with E-state index in [1.807, 2.05) is 0 Å². The van der Waals surface area contributed by atoms with Crippen LogP contribution in [0.2, 0.25) is 0 Å². The fourth-order valence-corrected chi connectivity index (χ4v) is 2.41. The molecule has 0 atom stereocenters. The number of hydrogen-bond donors (Lipinski definition) is 2. The average Bonchev–Trinajstić information content (AvgIpc) is 2.58. The summed E-state index contributed by atoms with van der Waals surface area (Å²) in [6, 6.07) is 9.41. The quantitative estimate of drug-likeness (QED) is 0.813. The van der Waals surface area contributed by atoms with Gasteiger partial charge in [0.05, 0.1) is 5.69 Å². The lowest BCUT2D eigenvalue weighted by atomic mass is 10.2. The molecule has 0 unspecified atom stereocenters. The summed E-state index contributed by atoms with van der Waals surface area (Å²) in [5.41, 5.74) is 1.01. The minimum absolute atomic E-state index is 0.0729. The number of carbonyl (C=O) groups is 3. The molecule has 0 heterocycles. The Morgan fingerprint density at radius 1 is 0.963 bits per heavy atom. The number of amides is 3. The van der Waals surface area contributed by atoms with Gasteiger partial charge in [-0.15, -0.1) is 0 Å². The van der Waals surface area contributed by atoms with Crippen molar-refractivity contribution < 1.29 is 23.2 Å². The Morgan fingerprint density at radius 2 is 1.63 bits per heavy atom. The largest absolute Gasteiger partial charge is 0.326 e. The molecule has 27 heavy (non-hydrogen) atoms. The minimum Gasteiger partial charge on any atom is -0.326 e. The molecule has 0 radical (unpaired) electrons. The third-order valence-electron chi connectivity index (χ3n) is 3.65. The van der Waals surface area contributed by atoms with Crippen molar-refractivity contribution in [1.29, 1.82) is 0 Å². The summed E-state index contributed by atoms with van der Waals surface area (Å²) in [7, 11) is 0. The van der Waals surface area contributed by atoms with Crippen molar-refractivity contribution in [2.45, 2.75) is 20.3 Å². The van der Waals surface area contributed by atoms with E-state index in [0.717, 1.165) is 12.1 Å². The number of anilines is 3. The number of rotatable bonds is 6. The van der Waals surface area contributed by atoms with E-state index in [0.29, 0.717) is 17.4 Å². The zero-order chi connectivity index (χ0) is 20.0. The number of halogens is 2. The molecule has 6 nitrogen and oxygen atoms in total. The molecule has 0 aromatic heterocycles. The van der Waals surface area contributed by atoms with Gasteiger partial charge in [-0.05, 0) is 36.4 Å². The van der Waals surface area contributed by atoms with Gasteiger partial charge in [0.15, 0.2) is 0 Å². The third kappa shape index (κ3) is 5.88. The van der Waals surface area contributed by atoms with Gasteiger partial charge in [0.1, 0.15) is 11.6 Å². The van der Waals surface area contributed by atoms with Gasteiger partial charge in [-0.25, -0.2) is 8.78 Å². The second kappa shape index (κ2) is 8.88. The zero-order valence-corrected chi connectivity index (χ0v) is 14.9. The normalized spacial score (nSPS) is 10.2. The van der Waals surface area contributed by atoms with Crippen molar-refractivity contribution in [2.75, 3.05) is 22.1 Å². The van der Waals surface area contributed by atoms with Crippen LogP contribution in [0, 0.1) is 11.6 Å². The lowest BCUT2D eigenvalue weighted by Gasteiger charge is -2.21. The van der Waals surface area contributed by atoms with Crippen LogP contribution in [0.25, 0.3) is 0 Å². The van der Waals surface area contributed by atoms with Crippen molar-refractivity contribution >= 4 is 34.8 Å². The molecule has 2 N–H and O–H groups in total. The lowest BCUT2D eigenvalue weighted by molar-refractivity contribution is -0.117. The summed E-state index contributed by atoms with van der Waals surface area (Å²) in [6.07, 6.45) is -0.0795. The Bertz CT molecular complexity index is 854. The maximum atomic E-state index is 13.6. The molecule has 0 saturated heterocycles. The van der Waals surface area contributed by atoms with Gasteiger partial charge in [-0.3, -0.25) is 14.4 Å². The maximum Gasteiger partial charge on any atom is 0.226 e. The van der Waals surface area contributed by atoms with Crippen LogP contribution in [0.15, 0.2) is 42.5 Å². The Kier molecular flexibility index (Phi) is 6.59. The van der Waals surface area contributed by atoms with Gasteiger partial charge in [0, 0.05) is 44.3 Å². The Labute approximate surface area is 155 Å². The molecule has 2 aromatic carbocycles. The summed E-state index contributed by atoms with van der Waals surface area (Å²) in [6.45, 7) is 2.82. The third-order valence-corrected chi connectivity index (χ3v) is 3.65. The van der Waals surface area contributed by atoms with E-state index in [4.69, 9.17) is 0 Å². The van der Waals surface area contributed by atoms with Crippen molar-refractivity contribution in [1.82, 2.24) is 0 Å². The first-order valence-corrected chi connectivity index (χ1v) is 8.17. The average molecular weight is 375 g/mol. The van der Waals surface area contributed by atoms with Crippen molar-refractivity contribution in [2.24, 2.45) is 0 Å². The van der Waals surface area contributed by atoms with Crippen LogP contribution in [0.1, 0.15) is 20.3 Å². The second-order valence-corrected chi connectivity index (χ2v) is 5.82. The highest BCUT2D eigenvalue weighted by Gasteiger charge is 2.15. The van der Waals surface area contributed by atoms with Gasteiger partial charge in [-0.1, -0.05) is 0 Å². The number of benzene rings is 2. The van der Waals surface area contributed by atoms with E-state index < -0.39 is 17.5 Å². The van der Waals surface area contributed by atoms with Gasteiger partial charge in [0.2, 0.25) is 17.7 Å². The smallest absolute Gasteiger partial charge is 0.226 e. The molecule has 3 amide bonds. The first-order chi connectivity index (χ1) is 12.8. The maximum absolute atomic E-state index is 13.6. The number of hydrogen-bond acceptors (Lipinski definition) is 3. The summed E-state index contributed by atoms with van der Waals surface area (Å²) in [5.74, 6) is -2.61. The van der Waals surface area contributed by atoms with Gasteiger partial charge < -0.3 is 15.5 Å². The van der Waals surface area contributed by atoms with Crippen LogP contribution >= 0.6 is 0 Å². The zero-order valence-electron chi connectivity index (χ0n) is 14.9. The Hall–Kier alpha value is -3.29. The summed E-state index contributed by atoms with van der Waals surface area (Å²) in [5, 5.41) is 4.97. The second-order valence-electron chi connectivity index (χ2n) is 5.82. The van der Waals surface area contributed by atoms with E-state index in [2.05, 4.69) is 10.6 Å². The van der Waals surface area contributed by atoms with Crippen molar-refractivity contribution in [3.05, 3.63) is 54.1 Å². The lowest BCUT2D eigenvalue weighted by Crippen LogP contribution is -2.32. The molecule has 0 spiro atoms. The minimum atomic E-state index is -0.875. The summed E-state index contributed by atoms with van der Waals surface area (Å²) < 4.78 is 26.5. The van der Waals surface area contributed by atoms with E-state index in [1.165, 1.54) is 18.7 Å². The van der Waals surface area contributed by atoms with Gasteiger partial charge >= 0.3 is 0 Å². The van der Waals surface area contributed by atoms with Gasteiger partial charge in [-0.2, -0.15) is 0 Å². The molecule has 2 aromatic rings. The van der Waals surface area contributed by atoms with Crippen LogP contribution in [-0.2, 0) is 14.4 Å². The summed E-state index contributed by atoms with van der Waals surface area (Å²) >= 11 is 0. The highest BCUT2D eigenvalue weighted by molar-refractivity contribution is 5.95. The predicted molar refractivity (Wildman–Crippen MR) is 98.4 cm³/mol. The van der Waals surface area contributed by atoms with Crippen LogP contribution in [0.3, 0.4) is 0 Å². The highest BCUT2D eigenvalue weighted by Crippen LogP contribution is 2.19. The van der Waals surface area contributed by atoms with E-state index in [9.17, 15) is 23.2 Å². The molecule has 2 rings (SSSR count). The number of nitrogens with one attached hydrogen (secondary N) is 2. The molecular weight excluding hydrogens is 356 g/mol. The van der Waals surface area contributed by atoms with Crippen LogP contribution in [0.4, 0.5) is 25.8 Å². The number of nitrogens with zero attached hydrogens (tertiary/aromatic N) is 1. The fraction of sp³-hybridized carbons (Fsp3) is 0.211. The standard InChI is InChI=1S/C19H19F2N3O3/c1-12(25)22-15-4-6-16(7-5-15)24(13(2)26)10-9-19(27)23-18-8-3-14(20)11-17(18)21/h3-8,11H,9-10H2,1-2H3,(H,22,25)(H,23,27). The van der Waals surface area contributed by atoms with E-state index in [1.54, 1.807) is 24.3 Å². The monoisotopic (exact) mass is 375 g/mol. The predicted octanol–water partition coefficient (Wildman–Crippen LogP) is 3.30. The fourth-order valence-electron chi connectivity index (χ4n) is 2.41.